The minimum atomic E-state index is -0.374. The maximum absolute atomic E-state index is 12.7. The molecule has 0 saturated heterocycles. The molecule has 2 heterocycles. The summed E-state index contributed by atoms with van der Waals surface area (Å²) in [6.07, 6.45) is 0. The van der Waals surface area contributed by atoms with Crippen LogP contribution in [0.3, 0.4) is 0 Å². The summed E-state index contributed by atoms with van der Waals surface area (Å²) in [6, 6.07) is 13.6. The molecular formula is C22H21ClN4OS. The zero-order valence-corrected chi connectivity index (χ0v) is 18.2. The topological polar surface area (TPSA) is 59.3 Å². The highest BCUT2D eigenvalue weighted by atomic mass is 35.5. The van der Waals surface area contributed by atoms with E-state index in [1.54, 1.807) is 12.1 Å². The van der Waals surface area contributed by atoms with Crippen LogP contribution >= 0.6 is 23.4 Å². The third kappa shape index (κ3) is 3.70. The minimum Gasteiger partial charge on any atom is -0.324 e. The van der Waals surface area contributed by atoms with Crippen LogP contribution in [0, 0.1) is 20.8 Å². The fraction of sp³-hybridized carbons (Fsp3) is 0.227. The summed E-state index contributed by atoms with van der Waals surface area (Å²) in [4.78, 5) is 12.7. The first kappa shape index (κ1) is 19.7. The van der Waals surface area contributed by atoms with E-state index in [4.69, 9.17) is 11.6 Å². The summed E-state index contributed by atoms with van der Waals surface area (Å²) in [7, 11) is 0. The molecule has 0 aliphatic carbocycles. The fourth-order valence-electron chi connectivity index (χ4n) is 3.50. The van der Waals surface area contributed by atoms with E-state index in [9.17, 15) is 4.79 Å². The van der Waals surface area contributed by atoms with E-state index in [1.807, 2.05) is 29.5 Å². The van der Waals surface area contributed by atoms with E-state index in [-0.39, 0.29) is 11.2 Å². The molecule has 0 bridgehead atoms. The van der Waals surface area contributed by atoms with Gasteiger partial charge in [-0.15, -0.1) is 10.2 Å². The molecule has 1 atom stereocenters. The van der Waals surface area contributed by atoms with Gasteiger partial charge in [-0.05, 0) is 63.1 Å². The first-order valence-electron chi connectivity index (χ1n) is 9.33. The largest absolute Gasteiger partial charge is 0.324 e. The Hall–Kier alpha value is -2.57. The van der Waals surface area contributed by atoms with Gasteiger partial charge in [-0.25, -0.2) is 0 Å². The third-order valence-corrected chi connectivity index (χ3v) is 6.25. The molecule has 0 aliphatic rings. The number of nitrogens with zero attached hydrogens (tertiary/aromatic N) is 3. The van der Waals surface area contributed by atoms with Gasteiger partial charge in [-0.2, -0.15) is 0 Å². The molecule has 1 unspecified atom stereocenters. The summed E-state index contributed by atoms with van der Waals surface area (Å²) < 4.78 is 2.04. The lowest BCUT2D eigenvalue weighted by Crippen LogP contribution is -2.22. The van der Waals surface area contributed by atoms with Crippen molar-refractivity contribution >= 4 is 51.5 Å². The zero-order valence-electron chi connectivity index (χ0n) is 16.7. The fourth-order valence-corrected chi connectivity index (χ4v) is 4.54. The highest BCUT2D eigenvalue weighted by molar-refractivity contribution is 8.00. The van der Waals surface area contributed by atoms with Gasteiger partial charge in [-0.3, -0.25) is 9.20 Å². The number of anilines is 1. The minimum absolute atomic E-state index is 0.135. The Morgan fingerprint density at radius 3 is 2.62 bits per heavy atom. The number of nitrogens with one attached hydrogen (secondary N) is 1. The van der Waals surface area contributed by atoms with Gasteiger partial charge in [0, 0.05) is 5.39 Å². The number of aryl methyl sites for hydroxylation is 3. The monoisotopic (exact) mass is 424 g/mol. The predicted octanol–water partition coefficient (Wildman–Crippen LogP) is 5.58. The Kier molecular flexibility index (Phi) is 5.23. The molecule has 1 N–H and O–H groups in total. The van der Waals surface area contributed by atoms with Crippen LogP contribution in [0.25, 0.3) is 16.6 Å². The Labute approximate surface area is 178 Å². The van der Waals surface area contributed by atoms with Crippen molar-refractivity contribution in [2.45, 2.75) is 38.1 Å². The number of carbonyl (C=O) groups excluding carboxylic acids is 1. The van der Waals surface area contributed by atoms with Gasteiger partial charge in [0.15, 0.2) is 10.8 Å². The van der Waals surface area contributed by atoms with Gasteiger partial charge in [-0.1, -0.05) is 47.1 Å². The molecule has 4 aromatic rings. The van der Waals surface area contributed by atoms with E-state index in [1.165, 1.54) is 22.7 Å². The van der Waals surface area contributed by atoms with Crippen molar-refractivity contribution in [3.63, 3.8) is 0 Å². The van der Waals surface area contributed by atoms with Gasteiger partial charge in [0.05, 0.1) is 21.5 Å². The summed E-state index contributed by atoms with van der Waals surface area (Å²) in [5.74, 6) is -0.135. The number of halogens is 1. The molecule has 0 spiro atoms. The molecule has 2 aromatic heterocycles. The molecule has 0 fully saturated rings. The first-order chi connectivity index (χ1) is 13.8. The van der Waals surface area contributed by atoms with Crippen molar-refractivity contribution in [2.75, 3.05) is 5.32 Å². The molecule has 1 amide bonds. The van der Waals surface area contributed by atoms with Crippen molar-refractivity contribution in [3.05, 3.63) is 64.2 Å². The normalized spacial score (nSPS) is 12.4. The highest BCUT2D eigenvalue weighted by Crippen LogP contribution is 2.31. The van der Waals surface area contributed by atoms with Crippen molar-refractivity contribution in [2.24, 2.45) is 0 Å². The number of amides is 1. The molecular weight excluding hydrogens is 404 g/mol. The molecule has 2 aromatic carbocycles. The lowest BCUT2D eigenvalue weighted by Gasteiger charge is -2.14. The number of rotatable bonds is 4. The van der Waals surface area contributed by atoms with Crippen LogP contribution in [-0.2, 0) is 4.79 Å². The second-order valence-electron chi connectivity index (χ2n) is 7.21. The maximum atomic E-state index is 12.7. The molecule has 7 heteroatoms. The number of carbonyl (C=O) groups is 1. The van der Waals surface area contributed by atoms with Gasteiger partial charge in [0.25, 0.3) is 0 Å². The average molecular weight is 425 g/mol. The zero-order chi connectivity index (χ0) is 20.7. The smallest absolute Gasteiger partial charge is 0.237 e. The lowest BCUT2D eigenvalue weighted by atomic mass is 10.0. The Morgan fingerprint density at radius 1 is 1.10 bits per heavy atom. The summed E-state index contributed by atoms with van der Waals surface area (Å²) in [5.41, 5.74) is 5.99. The number of thioether (sulfide) groups is 1. The first-order valence-corrected chi connectivity index (χ1v) is 10.6. The van der Waals surface area contributed by atoms with Crippen molar-refractivity contribution in [1.82, 2.24) is 14.6 Å². The number of benzene rings is 2. The maximum Gasteiger partial charge on any atom is 0.237 e. The van der Waals surface area contributed by atoms with E-state index in [2.05, 4.69) is 48.4 Å². The van der Waals surface area contributed by atoms with E-state index in [0.717, 1.165) is 22.3 Å². The van der Waals surface area contributed by atoms with Gasteiger partial charge in [0.1, 0.15) is 0 Å². The molecule has 29 heavy (non-hydrogen) atoms. The molecule has 148 valence electrons. The predicted molar refractivity (Wildman–Crippen MR) is 120 cm³/mol. The number of hydrogen-bond donors (Lipinski definition) is 1. The SMILES string of the molecule is Cc1cc(C)c2c(c1)c(C)cc1nnc(SC(C)C(=O)Nc3ccccc3Cl)n12. The molecule has 4 rings (SSSR count). The van der Waals surface area contributed by atoms with E-state index >= 15 is 0 Å². The Bertz CT molecular complexity index is 1250. The van der Waals surface area contributed by atoms with Crippen LogP contribution in [-0.4, -0.2) is 25.8 Å². The van der Waals surface area contributed by atoms with Gasteiger partial charge >= 0.3 is 0 Å². The van der Waals surface area contributed by atoms with E-state index in [0.29, 0.717) is 15.9 Å². The summed E-state index contributed by atoms with van der Waals surface area (Å²) in [5, 5.41) is 13.6. The molecule has 0 saturated carbocycles. The van der Waals surface area contributed by atoms with E-state index < -0.39 is 0 Å². The number of pyridine rings is 1. The highest BCUT2D eigenvalue weighted by Gasteiger charge is 2.20. The van der Waals surface area contributed by atoms with Crippen molar-refractivity contribution in [1.29, 1.82) is 0 Å². The number of hydrogen-bond acceptors (Lipinski definition) is 4. The number of fused-ring (bicyclic) bond motifs is 3. The Balaban J connectivity index is 1.70. The average Bonchev–Trinajstić information content (AvgIpc) is 3.05. The Morgan fingerprint density at radius 2 is 1.86 bits per heavy atom. The summed E-state index contributed by atoms with van der Waals surface area (Å²) >= 11 is 7.54. The van der Waals surface area contributed by atoms with Crippen LogP contribution in [0.5, 0.6) is 0 Å². The molecule has 5 nitrogen and oxygen atoms in total. The van der Waals surface area contributed by atoms with Gasteiger partial charge < -0.3 is 5.32 Å². The van der Waals surface area contributed by atoms with Crippen molar-refractivity contribution < 1.29 is 4.79 Å². The van der Waals surface area contributed by atoms with Crippen LogP contribution in [0.15, 0.2) is 47.6 Å². The van der Waals surface area contributed by atoms with Crippen LogP contribution in [0.2, 0.25) is 5.02 Å². The quantitative estimate of drug-likeness (QED) is 0.434. The second kappa shape index (κ2) is 7.69. The third-order valence-electron chi connectivity index (χ3n) is 4.88. The van der Waals surface area contributed by atoms with Gasteiger partial charge in [0.2, 0.25) is 5.91 Å². The van der Waals surface area contributed by atoms with Crippen molar-refractivity contribution in [3.8, 4) is 0 Å². The summed E-state index contributed by atoms with van der Waals surface area (Å²) in [6.45, 7) is 8.13. The molecule has 0 aliphatic heterocycles. The molecule has 0 radical (unpaired) electrons. The van der Waals surface area contributed by atoms with Crippen LogP contribution in [0.4, 0.5) is 5.69 Å². The second-order valence-corrected chi connectivity index (χ2v) is 8.93. The lowest BCUT2D eigenvalue weighted by molar-refractivity contribution is -0.115. The van der Waals surface area contributed by atoms with Crippen LogP contribution < -0.4 is 5.32 Å². The number of aromatic nitrogens is 3. The number of para-hydroxylation sites is 1. The standard InChI is InChI=1S/C22H21ClN4OS/c1-12-9-14(3)20-16(10-12)13(2)11-19-25-26-22(27(19)20)29-15(4)21(28)24-18-8-6-5-7-17(18)23/h5-11,15H,1-4H3,(H,24,28). The van der Waals surface area contributed by atoms with Crippen LogP contribution in [0.1, 0.15) is 23.6 Å².